The summed E-state index contributed by atoms with van der Waals surface area (Å²) in [5.74, 6) is 1.04. The van der Waals surface area contributed by atoms with Crippen molar-refractivity contribution >= 4 is 22.3 Å². The first-order valence-electron chi connectivity index (χ1n) is 10.1. The van der Waals surface area contributed by atoms with E-state index in [9.17, 15) is 4.39 Å². The fraction of sp³-hybridized carbons (Fsp3) is 0.318. The third-order valence-electron chi connectivity index (χ3n) is 5.21. The summed E-state index contributed by atoms with van der Waals surface area (Å²) in [7, 11) is 0. The first-order chi connectivity index (χ1) is 14.5. The quantitative estimate of drug-likeness (QED) is 0.424. The Morgan fingerprint density at radius 3 is 2.73 bits per heavy atom. The lowest BCUT2D eigenvalue weighted by Gasteiger charge is -2.06. The average Bonchev–Trinajstić information content (AvgIpc) is 3.11. The van der Waals surface area contributed by atoms with Crippen LogP contribution in [0.3, 0.4) is 0 Å². The maximum absolute atomic E-state index is 14.7. The molecule has 1 aliphatic rings. The number of hydrogen-bond acceptors (Lipinski definition) is 5. The second-order valence-electron chi connectivity index (χ2n) is 8.04. The van der Waals surface area contributed by atoms with Crippen LogP contribution in [0.15, 0.2) is 42.2 Å². The summed E-state index contributed by atoms with van der Waals surface area (Å²) in [6.07, 6.45) is 5.75. The van der Waals surface area contributed by atoms with Crippen LogP contribution in [0.4, 0.5) is 15.3 Å². The molecule has 0 radical (unpaired) electrons. The number of halogens is 1. The number of nitrogens with one attached hydrogen (secondary N) is 1. The van der Waals surface area contributed by atoms with Crippen LogP contribution in [0.1, 0.15) is 50.0 Å². The summed E-state index contributed by atoms with van der Waals surface area (Å²) in [4.78, 5) is 8.84. The molecule has 1 N–H and O–H groups in total. The van der Waals surface area contributed by atoms with E-state index in [1.165, 1.54) is 30.2 Å². The number of aromatic nitrogens is 5. The van der Waals surface area contributed by atoms with E-state index < -0.39 is 0 Å². The minimum atomic E-state index is -0.305. The maximum atomic E-state index is 14.7. The topological polar surface area (TPSA) is 60.6 Å². The fourth-order valence-electron chi connectivity index (χ4n) is 3.39. The number of rotatable bonds is 6. The van der Waals surface area contributed by atoms with Gasteiger partial charge in [-0.3, -0.25) is 0 Å². The number of imidazole rings is 1. The van der Waals surface area contributed by atoms with Gasteiger partial charge in [-0.05, 0) is 37.8 Å². The summed E-state index contributed by atoms with van der Waals surface area (Å²) < 4.78 is 18.5. The molecule has 0 bridgehead atoms. The smallest absolute Gasteiger partial charge is 0.188 e. The number of aryl methyl sites for hydroxylation is 1. The highest BCUT2D eigenvalue weighted by molar-refractivity contribution is 7.14. The molecule has 154 valence electrons. The van der Waals surface area contributed by atoms with Crippen molar-refractivity contribution < 1.29 is 4.39 Å². The lowest BCUT2D eigenvalue weighted by Crippen LogP contribution is -2.03. The summed E-state index contributed by atoms with van der Waals surface area (Å²) in [5, 5.41) is 10.9. The van der Waals surface area contributed by atoms with Crippen LogP contribution < -0.4 is 5.32 Å². The Hall–Kier alpha value is -3.00. The highest BCUT2D eigenvalue weighted by Crippen LogP contribution is 2.39. The van der Waals surface area contributed by atoms with Gasteiger partial charge in [-0.2, -0.15) is 5.10 Å². The maximum Gasteiger partial charge on any atom is 0.188 e. The van der Waals surface area contributed by atoms with E-state index in [0.717, 1.165) is 33.6 Å². The molecule has 8 heteroatoms. The van der Waals surface area contributed by atoms with Gasteiger partial charge in [0.15, 0.2) is 5.13 Å². The summed E-state index contributed by atoms with van der Waals surface area (Å²) in [6.45, 7) is 6.17. The van der Waals surface area contributed by atoms with Gasteiger partial charge >= 0.3 is 0 Å². The summed E-state index contributed by atoms with van der Waals surface area (Å²) in [6, 6.07) is 7.75. The van der Waals surface area contributed by atoms with Crippen LogP contribution >= 0.6 is 11.3 Å². The Kier molecular flexibility index (Phi) is 4.66. The van der Waals surface area contributed by atoms with E-state index in [4.69, 9.17) is 5.10 Å². The van der Waals surface area contributed by atoms with E-state index in [1.54, 1.807) is 23.2 Å². The zero-order valence-corrected chi connectivity index (χ0v) is 17.9. The first kappa shape index (κ1) is 19.0. The molecule has 0 amide bonds. The normalized spacial score (nSPS) is 13.9. The monoisotopic (exact) mass is 422 g/mol. The van der Waals surface area contributed by atoms with Gasteiger partial charge in [0, 0.05) is 23.2 Å². The molecular weight excluding hydrogens is 399 g/mol. The molecule has 30 heavy (non-hydrogen) atoms. The Morgan fingerprint density at radius 2 is 2.07 bits per heavy atom. The minimum Gasteiger partial charge on any atom is -0.316 e. The van der Waals surface area contributed by atoms with E-state index in [0.29, 0.717) is 17.6 Å². The molecule has 0 aliphatic heterocycles. The van der Waals surface area contributed by atoms with Crippen molar-refractivity contribution in [3.05, 3.63) is 59.4 Å². The van der Waals surface area contributed by atoms with Gasteiger partial charge in [-0.1, -0.05) is 19.9 Å². The van der Waals surface area contributed by atoms with Crippen molar-refractivity contribution in [2.24, 2.45) is 0 Å². The van der Waals surface area contributed by atoms with E-state index in [-0.39, 0.29) is 5.82 Å². The van der Waals surface area contributed by atoms with Gasteiger partial charge in [0.05, 0.1) is 35.1 Å². The van der Waals surface area contributed by atoms with Crippen molar-refractivity contribution in [1.29, 1.82) is 0 Å². The van der Waals surface area contributed by atoms with Gasteiger partial charge in [-0.25, -0.2) is 19.0 Å². The molecule has 1 aliphatic carbocycles. The zero-order chi connectivity index (χ0) is 20.8. The van der Waals surface area contributed by atoms with E-state index in [2.05, 4.69) is 39.9 Å². The molecule has 0 saturated heterocycles. The highest BCUT2D eigenvalue weighted by atomic mass is 32.1. The molecule has 0 unspecified atom stereocenters. The Labute approximate surface area is 178 Å². The second kappa shape index (κ2) is 7.36. The fourth-order valence-corrected chi connectivity index (χ4v) is 4.11. The third kappa shape index (κ3) is 3.63. The summed E-state index contributed by atoms with van der Waals surface area (Å²) in [5.41, 5.74) is 3.89. The van der Waals surface area contributed by atoms with Crippen LogP contribution in [0.5, 0.6) is 0 Å². The van der Waals surface area contributed by atoms with E-state index in [1.807, 2.05) is 18.4 Å². The highest BCUT2D eigenvalue weighted by Gasteiger charge is 2.28. The molecule has 0 atom stereocenters. The lowest BCUT2D eigenvalue weighted by molar-refractivity contribution is 0.618. The Balaban J connectivity index is 1.39. The minimum absolute atomic E-state index is 0.305. The zero-order valence-electron chi connectivity index (χ0n) is 17.1. The van der Waals surface area contributed by atoms with Crippen molar-refractivity contribution in [2.75, 3.05) is 5.32 Å². The molecule has 4 aromatic rings. The van der Waals surface area contributed by atoms with Crippen LogP contribution in [-0.2, 0) is 0 Å². The number of benzene rings is 1. The number of thiazole rings is 1. The van der Waals surface area contributed by atoms with Gasteiger partial charge < -0.3 is 9.88 Å². The molecule has 6 nitrogen and oxygen atoms in total. The predicted octanol–water partition coefficient (Wildman–Crippen LogP) is 5.84. The SMILES string of the molecule is Cc1cn(-c2ccc(-c3csc(Nc4cc(C(C)C)nn4C4CC4)n3)cc2F)cn1. The standard InChI is InChI=1S/C22H23FN6S/c1-13(2)18-9-21(29(27-18)16-5-6-16)26-22-25-19(11-30-22)15-4-7-20(17(23)8-15)28-10-14(3)24-12-28/h4,7-13,16H,5-6H2,1-3H3,(H,25,26). The number of hydrogen-bond donors (Lipinski definition) is 1. The molecule has 5 rings (SSSR count). The molecule has 1 saturated carbocycles. The molecule has 1 aromatic carbocycles. The van der Waals surface area contributed by atoms with Crippen LogP contribution in [-0.4, -0.2) is 24.3 Å². The van der Waals surface area contributed by atoms with E-state index >= 15 is 0 Å². The van der Waals surface area contributed by atoms with Gasteiger partial charge in [-0.15, -0.1) is 11.3 Å². The number of nitrogens with zero attached hydrogens (tertiary/aromatic N) is 5. The molecule has 3 heterocycles. The first-order valence-corrected chi connectivity index (χ1v) is 11.0. The largest absolute Gasteiger partial charge is 0.316 e. The van der Waals surface area contributed by atoms with Crippen LogP contribution in [0.25, 0.3) is 16.9 Å². The van der Waals surface area contributed by atoms with Crippen LogP contribution in [0.2, 0.25) is 0 Å². The number of anilines is 2. The Bertz CT molecular complexity index is 1200. The predicted molar refractivity (Wildman–Crippen MR) is 117 cm³/mol. The Morgan fingerprint density at radius 1 is 1.23 bits per heavy atom. The van der Waals surface area contributed by atoms with Gasteiger partial charge in [0.25, 0.3) is 0 Å². The molecule has 1 fully saturated rings. The van der Waals surface area contributed by atoms with Crippen molar-refractivity contribution in [2.45, 2.75) is 45.6 Å². The molecule has 3 aromatic heterocycles. The van der Waals surface area contributed by atoms with Crippen molar-refractivity contribution in [3.8, 4) is 16.9 Å². The van der Waals surface area contributed by atoms with Gasteiger partial charge in [0.2, 0.25) is 0 Å². The van der Waals surface area contributed by atoms with Crippen LogP contribution in [0, 0.1) is 12.7 Å². The van der Waals surface area contributed by atoms with Crippen molar-refractivity contribution in [1.82, 2.24) is 24.3 Å². The third-order valence-corrected chi connectivity index (χ3v) is 5.97. The van der Waals surface area contributed by atoms with Gasteiger partial charge in [0.1, 0.15) is 11.6 Å². The lowest BCUT2D eigenvalue weighted by atomic mass is 10.1. The second-order valence-corrected chi connectivity index (χ2v) is 8.89. The van der Waals surface area contributed by atoms with Crippen molar-refractivity contribution in [3.63, 3.8) is 0 Å². The average molecular weight is 423 g/mol. The molecule has 0 spiro atoms. The molecular formula is C22H23FN6S. The summed E-state index contributed by atoms with van der Waals surface area (Å²) >= 11 is 1.51.